The molecule has 0 radical (unpaired) electrons. The maximum absolute atomic E-state index is 5.17. The molecule has 0 saturated carbocycles. The van der Waals surface area contributed by atoms with Crippen LogP contribution in [0.15, 0.2) is 42.7 Å². The van der Waals surface area contributed by atoms with Crippen LogP contribution in [0.3, 0.4) is 0 Å². The normalized spacial score (nSPS) is 11.9. The van der Waals surface area contributed by atoms with Crippen LogP contribution in [0, 0.1) is 6.92 Å². The van der Waals surface area contributed by atoms with E-state index in [4.69, 9.17) is 4.74 Å². The van der Waals surface area contributed by atoms with Crippen LogP contribution in [0.5, 0.6) is 5.75 Å². The topological polar surface area (TPSA) is 34.1 Å². The SMILES string of the molecule is COc1ccc(CCC(C)Nc2cncc(C)c2)cc1. The summed E-state index contributed by atoms with van der Waals surface area (Å²) < 4.78 is 5.17. The highest BCUT2D eigenvalue weighted by molar-refractivity contribution is 5.43. The summed E-state index contributed by atoms with van der Waals surface area (Å²) in [5, 5.41) is 3.49. The largest absolute Gasteiger partial charge is 0.497 e. The van der Waals surface area contributed by atoms with Crippen molar-refractivity contribution in [2.75, 3.05) is 12.4 Å². The van der Waals surface area contributed by atoms with Crippen molar-refractivity contribution in [3.8, 4) is 5.75 Å². The highest BCUT2D eigenvalue weighted by Gasteiger charge is 2.03. The Bertz CT molecular complexity index is 537. The van der Waals surface area contributed by atoms with Crippen molar-refractivity contribution in [1.82, 2.24) is 4.98 Å². The molecule has 1 aromatic carbocycles. The minimum absolute atomic E-state index is 0.417. The van der Waals surface area contributed by atoms with E-state index in [1.54, 1.807) is 7.11 Å². The zero-order valence-corrected chi connectivity index (χ0v) is 12.4. The fraction of sp³-hybridized carbons (Fsp3) is 0.353. The van der Waals surface area contributed by atoms with Crippen LogP contribution in [0.25, 0.3) is 0 Å². The van der Waals surface area contributed by atoms with Gasteiger partial charge in [-0.15, -0.1) is 0 Å². The van der Waals surface area contributed by atoms with E-state index in [0.717, 1.165) is 24.3 Å². The Balaban J connectivity index is 1.83. The van der Waals surface area contributed by atoms with Gasteiger partial charge in [-0.1, -0.05) is 12.1 Å². The van der Waals surface area contributed by atoms with E-state index in [2.05, 4.69) is 42.3 Å². The van der Waals surface area contributed by atoms with Crippen molar-refractivity contribution in [1.29, 1.82) is 0 Å². The summed E-state index contributed by atoms with van der Waals surface area (Å²) in [6.45, 7) is 4.26. The second kappa shape index (κ2) is 6.94. The molecule has 0 aliphatic carbocycles. The summed E-state index contributed by atoms with van der Waals surface area (Å²) in [7, 11) is 1.69. The number of pyridine rings is 1. The van der Waals surface area contributed by atoms with Crippen LogP contribution in [0.2, 0.25) is 0 Å². The third kappa shape index (κ3) is 4.26. The Kier molecular flexibility index (Phi) is 4.99. The van der Waals surface area contributed by atoms with Gasteiger partial charge in [-0.2, -0.15) is 0 Å². The van der Waals surface area contributed by atoms with E-state index in [1.807, 2.05) is 24.5 Å². The summed E-state index contributed by atoms with van der Waals surface area (Å²) in [6.07, 6.45) is 5.88. The number of nitrogens with zero attached hydrogens (tertiary/aromatic N) is 1. The van der Waals surface area contributed by atoms with Gasteiger partial charge in [-0.05, 0) is 56.0 Å². The molecule has 1 atom stereocenters. The minimum Gasteiger partial charge on any atom is -0.497 e. The molecule has 1 unspecified atom stereocenters. The summed E-state index contributed by atoms with van der Waals surface area (Å²) in [4.78, 5) is 4.20. The van der Waals surface area contributed by atoms with Gasteiger partial charge in [0, 0.05) is 18.4 Å². The molecule has 0 spiro atoms. The average molecular weight is 270 g/mol. The maximum atomic E-state index is 5.17. The van der Waals surface area contributed by atoms with Gasteiger partial charge >= 0.3 is 0 Å². The molecule has 0 aliphatic rings. The third-order valence-corrected chi connectivity index (χ3v) is 3.31. The van der Waals surface area contributed by atoms with Crippen LogP contribution >= 0.6 is 0 Å². The Hall–Kier alpha value is -2.03. The first-order valence-corrected chi connectivity index (χ1v) is 6.98. The fourth-order valence-corrected chi connectivity index (χ4v) is 2.17. The number of rotatable bonds is 6. The molecular formula is C17H22N2O. The second-order valence-corrected chi connectivity index (χ2v) is 5.18. The number of nitrogens with one attached hydrogen (secondary N) is 1. The average Bonchev–Trinajstić information content (AvgIpc) is 2.46. The summed E-state index contributed by atoms with van der Waals surface area (Å²) in [6, 6.07) is 10.8. The molecule has 0 bridgehead atoms. The van der Waals surface area contributed by atoms with Crippen LogP contribution < -0.4 is 10.1 Å². The Morgan fingerprint density at radius 1 is 1.20 bits per heavy atom. The molecule has 0 fully saturated rings. The summed E-state index contributed by atoms with van der Waals surface area (Å²) in [5.74, 6) is 0.908. The second-order valence-electron chi connectivity index (χ2n) is 5.18. The Morgan fingerprint density at radius 2 is 1.95 bits per heavy atom. The molecule has 3 heteroatoms. The Labute approximate surface area is 121 Å². The molecule has 106 valence electrons. The van der Waals surface area contributed by atoms with E-state index in [1.165, 1.54) is 11.1 Å². The van der Waals surface area contributed by atoms with Crippen molar-refractivity contribution >= 4 is 5.69 Å². The van der Waals surface area contributed by atoms with Crippen molar-refractivity contribution in [2.24, 2.45) is 0 Å². The van der Waals surface area contributed by atoms with Crippen molar-refractivity contribution in [3.63, 3.8) is 0 Å². The smallest absolute Gasteiger partial charge is 0.118 e. The molecule has 3 nitrogen and oxygen atoms in total. The van der Waals surface area contributed by atoms with E-state index in [-0.39, 0.29) is 0 Å². The minimum atomic E-state index is 0.417. The first-order chi connectivity index (χ1) is 9.67. The van der Waals surface area contributed by atoms with Gasteiger partial charge in [0.15, 0.2) is 0 Å². The van der Waals surface area contributed by atoms with Gasteiger partial charge in [-0.25, -0.2) is 0 Å². The molecule has 2 rings (SSSR count). The summed E-state index contributed by atoms with van der Waals surface area (Å²) >= 11 is 0. The standard InChI is InChI=1S/C17H22N2O/c1-13-10-16(12-18-11-13)19-14(2)4-5-15-6-8-17(20-3)9-7-15/h6-12,14,19H,4-5H2,1-3H3. The van der Waals surface area contributed by atoms with Crippen LogP contribution in [0.1, 0.15) is 24.5 Å². The van der Waals surface area contributed by atoms with E-state index < -0.39 is 0 Å². The Morgan fingerprint density at radius 3 is 2.60 bits per heavy atom. The van der Waals surface area contributed by atoms with Crippen molar-refractivity contribution in [3.05, 3.63) is 53.9 Å². The molecule has 20 heavy (non-hydrogen) atoms. The molecule has 2 aromatic rings. The summed E-state index contributed by atoms with van der Waals surface area (Å²) in [5.41, 5.74) is 3.60. The molecule has 1 aromatic heterocycles. The zero-order chi connectivity index (χ0) is 14.4. The lowest BCUT2D eigenvalue weighted by Gasteiger charge is -2.15. The number of hydrogen-bond acceptors (Lipinski definition) is 3. The van der Waals surface area contributed by atoms with Crippen LogP contribution in [0.4, 0.5) is 5.69 Å². The molecule has 0 amide bonds. The number of aryl methyl sites for hydroxylation is 2. The molecule has 0 aliphatic heterocycles. The highest BCUT2D eigenvalue weighted by Crippen LogP contribution is 2.15. The highest BCUT2D eigenvalue weighted by atomic mass is 16.5. The first kappa shape index (κ1) is 14.4. The van der Waals surface area contributed by atoms with E-state index in [0.29, 0.717) is 6.04 Å². The fourth-order valence-electron chi connectivity index (χ4n) is 2.17. The lowest BCUT2D eigenvalue weighted by molar-refractivity contribution is 0.414. The first-order valence-electron chi connectivity index (χ1n) is 6.98. The molecule has 0 saturated heterocycles. The van der Waals surface area contributed by atoms with Gasteiger partial charge < -0.3 is 10.1 Å². The predicted molar refractivity (Wildman–Crippen MR) is 83.4 cm³/mol. The lowest BCUT2D eigenvalue weighted by atomic mass is 10.1. The number of anilines is 1. The molecule has 1 N–H and O–H groups in total. The van der Waals surface area contributed by atoms with Gasteiger partial charge in [0.25, 0.3) is 0 Å². The number of hydrogen-bond donors (Lipinski definition) is 1. The maximum Gasteiger partial charge on any atom is 0.118 e. The third-order valence-electron chi connectivity index (χ3n) is 3.31. The van der Waals surface area contributed by atoms with Gasteiger partial charge in [0.05, 0.1) is 12.8 Å². The van der Waals surface area contributed by atoms with Crippen molar-refractivity contribution in [2.45, 2.75) is 32.7 Å². The predicted octanol–water partition coefficient (Wildman–Crippen LogP) is 3.83. The van der Waals surface area contributed by atoms with Gasteiger partial charge in [-0.3, -0.25) is 4.98 Å². The zero-order valence-electron chi connectivity index (χ0n) is 12.4. The monoisotopic (exact) mass is 270 g/mol. The van der Waals surface area contributed by atoms with Gasteiger partial charge in [0.1, 0.15) is 5.75 Å². The number of ether oxygens (including phenoxy) is 1. The quantitative estimate of drug-likeness (QED) is 0.866. The van der Waals surface area contributed by atoms with Gasteiger partial charge in [0.2, 0.25) is 0 Å². The molecular weight excluding hydrogens is 248 g/mol. The van der Waals surface area contributed by atoms with Crippen LogP contribution in [-0.2, 0) is 6.42 Å². The van der Waals surface area contributed by atoms with E-state index in [9.17, 15) is 0 Å². The number of benzene rings is 1. The van der Waals surface area contributed by atoms with Crippen molar-refractivity contribution < 1.29 is 4.74 Å². The number of methoxy groups -OCH3 is 1. The lowest BCUT2D eigenvalue weighted by Crippen LogP contribution is -2.16. The molecule has 1 heterocycles. The van der Waals surface area contributed by atoms with E-state index >= 15 is 0 Å². The van der Waals surface area contributed by atoms with Crippen LogP contribution in [-0.4, -0.2) is 18.1 Å². The number of aromatic nitrogens is 1.